The van der Waals surface area contributed by atoms with Crippen LogP contribution in [0.15, 0.2) is 24.3 Å². The minimum Gasteiger partial charge on any atom is -0.496 e. The number of rotatable bonds is 9. The van der Waals surface area contributed by atoms with Gasteiger partial charge in [-0.15, -0.1) is 0 Å². The fourth-order valence-electron chi connectivity index (χ4n) is 3.62. The molecule has 1 aliphatic heterocycles. The first-order chi connectivity index (χ1) is 13.6. The summed E-state index contributed by atoms with van der Waals surface area (Å²) in [6, 6.07) is 7.36. The number of hydrogen-bond donors (Lipinski definition) is 3. The highest BCUT2D eigenvalue weighted by Gasteiger charge is 2.34. The van der Waals surface area contributed by atoms with E-state index in [1.807, 2.05) is 24.3 Å². The molecule has 1 saturated heterocycles. The van der Waals surface area contributed by atoms with Gasteiger partial charge in [0.05, 0.1) is 32.3 Å². The van der Waals surface area contributed by atoms with E-state index < -0.39 is 6.10 Å². The molecule has 28 heavy (non-hydrogen) atoms. The summed E-state index contributed by atoms with van der Waals surface area (Å²) in [4.78, 5) is 24.3. The lowest BCUT2D eigenvalue weighted by atomic mass is 9.96. The Morgan fingerprint density at radius 3 is 2.64 bits per heavy atom. The normalized spacial score (nSPS) is 24.4. The molecule has 0 radical (unpaired) electrons. The molecule has 7 nitrogen and oxygen atoms in total. The van der Waals surface area contributed by atoms with E-state index in [1.54, 1.807) is 7.11 Å². The van der Waals surface area contributed by atoms with Gasteiger partial charge in [0.15, 0.2) is 0 Å². The highest BCUT2D eigenvalue weighted by Crippen LogP contribution is 2.32. The highest BCUT2D eigenvalue weighted by atomic mass is 16.5. The van der Waals surface area contributed by atoms with E-state index in [-0.39, 0.29) is 37.0 Å². The van der Waals surface area contributed by atoms with Gasteiger partial charge in [0.1, 0.15) is 11.9 Å². The third-order valence-corrected chi connectivity index (χ3v) is 5.39. The molecule has 1 heterocycles. The molecule has 0 spiro atoms. The Balaban J connectivity index is 1.43. The monoisotopic (exact) mass is 390 g/mol. The molecular weight excluding hydrogens is 360 g/mol. The van der Waals surface area contributed by atoms with Crippen LogP contribution < -0.4 is 15.4 Å². The molecular formula is C21H30N2O5. The smallest absolute Gasteiger partial charge is 0.222 e. The predicted molar refractivity (Wildman–Crippen MR) is 104 cm³/mol. The Hall–Kier alpha value is -2.12. The average molecular weight is 390 g/mol. The molecule has 0 aromatic heterocycles. The molecule has 0 unspecified atom stereocenters. The Morgan fingerprint density at radius 1 is 1.14 bits per heavy atom. The van der Waals surface area contributed by atoms with E-state index >= 15 is 0 Å². The van der Waals surface area contributed by atoms with Gasteiger partial charge in [-0.05, 0) is 37.7 Å². The first-order valence-electron chi connectivity index (χ1n) is 10.0. The van der Waals surface area contributed by atoms with Gasteiger partial charge in [0, 0.05) is 18.5 Å². The van der Waals surface area contributed by atoms with Crippen molar-refractivity contribution in [1.82, 2.24) is 10.6 Å². The van der Waals surface area contributed by atoms with Gasteiger partial charge in [-0.3, -0.25) is 9.59 Å². The van der Waals surface area contributed by atoms with E-state index in [0.29, 0.717) is 31.7 Å². The minimum atomic E-state index is -0.469. The number of benzene rings is 1. The van der Waals surface area contributed by atoms with Crippen molar-refractivity contribution in [2.45, 2.75) is 63.3 Å². The van der Waals surface area contributed by atoms with Crippen LogP contribution in [0, 0.1) is 5.92 Å². The maximum Gasteiger partial charge on any atom is 0.222 e. The molecule has 2 fully saturated rings. The molecule has 154 valence electrons. The van der Waals surface area contributed by atoms with Crippen LogP contribution in [-0.2, 0) is 20.9 Å². The lowest BCUT2D eigenvalue weighted by Crippen LogP contribution is -2.51. The molecule has 1 aromatic carbocycles. The molecule has 1 aromatic rings. The van der Waals surface area contributed by atoms with E-state index in [9.17, 15) is 14.7 Å². The number of aliphatic hydroxyl groups excluding tert-OH is 1. The largest absolute Gasteiger partial charge is 0.496 e. The Kier molecular flexibility index (Phi) is 7.28. The van der Waals surface area contributed by atoms with Crippen molar-refractivity contribution in [3.8, 4) is 5.75 Å². The van der Waals surface area contributed by atoms with Crippen LogP contribution >= 0.6 is 0 Å². The number of para-hydroxylation sites is 1. The lowest BCUT2D eigenvalue weighted by Gasteiger charge is -2.36. The predicted octanol–water partition coefficient (Wildman–Crippen LogP) is 1.53. The number of nitrogens with one attached hydrogen (secondary N) is 2. The molecule has 1 aliphatic carbocycles. The van der Waals surface area contributed by atoms with Crippen molar-refractivity contribution in [2.24, 2.45) is 5.92 Å². The number of carbonyl (C=O) groups excluding carboxylic acids is 2. The lowest BCUT2D eigenvalue weighted by molar-refractivity contribution is -0.136. The summed E-state index contributed by atoms with van der Waals surface area (Å²) in [5.74, 6) is 1.19. The second-order valence-corrected chi connectivity index (χ2v) is 7.67. The maximum absolute atomic E-state index is 12.3. The maximum atomic E-state index is 12.3. The molecule has 3 atom stereocenters. The van der Waals surface area contributed by atoms with Crippen LogP contribution in [0.2, 0.25) is 0 Å². The van der Waals surface area contributed by atoms with Crippen molar-refractivity contribution < 1.29 is 24.2 Å². The Bertz CT molecular complexity index is 677. The quantitative estimate of drug-likeness (QED) is 0.594. The van der Waals surface area contributed by atoms with Crippen molar-refractivity contribution >= 4 is 11.8 Å². The summed E-state index contributed by atoms with van der Waals surface area (Å²) in [7, 11) is 1.60. The van der Waals surface area contributed by atoms with E-state index in [0.717, 1.165) is 24.2 Å². The first-order valence-corrected chi connectivity index (χ1v) is 10.0. The third-order valence-electron chi connectivity index (χ3n) is 5.39. The second kappa shape index (κ2) is 9.89. The van der Waals surface area contributed by atoms with E-state index in [1.165, 1.54) is 0 Å². The summed E-state index contributed by atoms with van der Waals surface area (Å²) in [6.07, 6.45) is 3.70. The van der Waals surface area contributed by atoms with Crippen LogP contribution in [0.1, 0.15) is 44.1 Å². The number of amides is 2. The number of ether oxygens (including phenoxy) is 2. The van der Waals surface area contributed by atoms with Gasteiger partial charge in [-0.2, -0.15) is 0 Å². The van der Waals surface area contributed by atoms with E-state index in [2.05, 4.69) is 10.6 Å². The zero-order chi connectivity index (χ0) is 19.9. The van der Waals surface area contributed by atoms with E-state index in [4.69, 9.17) is 9.47 Å². The molecule has 1 saturated carbocycles. The molecule has 2 aliphatic rings. The topological polar surface area (TPSA) is 96.9 Å². The fraction of sp³-hybridized carbons (Fsp3) is 0.619. The van der Waals surface area contributed by atoms with Crippen LogP contribution in [0.4, 0.5) is 0 Å². The molecule has 3 rings (SSSR count). The standard InChI is InChI=1S/C21H30N2O5/c1-27-18-5-3-2-4-15(18)12-22-20(25)11-16-8-9-17(19(13-24)28-16)23-21(26)10-14-6-7-14/h2-5,14,16-17,19,24H,6-13H2,1H3,(H,22,25)(H,23,26)/t16-,17+,19+/m1/s1. The summed E-state index contributed by atoms with van der Waals surface area (Å²) in [6.45, 7) is 0.215. The van der Waals surface area contributed by atoms with Crippen molar-refractivity contribution in [1.29, 1.82) is 0 Å². The number of carbonyl (C=O) groups is 2. The van der Waals surface area contributed by atoms with Crippen molar-refractivity contribution in [3.63, 3.8) is 0 Å². The number of hydrogen-bond acceptors (Lipinski definition) is 5. The number of aliphatic hydroxyl groups is 1. The van der Waals surface area contributed by atoms with Gasteiger partial charge >= 0.3 is 0 Å². The average Bonchev–Trinajstić information content (AvgIpc) is 3.51. The molecule has 0 bridgehead atoms. The SMILES string of the molecule is COc1ccccc1CNC(=O)C[C@H]1CC[C@H](NC(=O)CC2CC2)[C@H](CO)O1. The van der Waals surface area contributed by atoms with Gasteiger partial charge in [-0.1, -0.05) is 18.2 Å². The summed E-state index contributed by atoms with van der Waals surface area (Å²) < 4.78 is 11.2. The van der Waals surface area contributed by atoms with Crippen LogP contribution in [-0.4, -0.2) is 48.9 Å². The Labute approximate surface area is 165 Å². The second-order valence-electron chi connectivity index (χ2n) is 7.67. The summed E-state index contributed by atoms with van der Waals surface area (Å²) in [5.41, 5.74) is 0.912. The molecule has 3 N–H and O–H groups in total. The van der Waals surface area contributed by atoms with Crippen LogP contribution in [0.5, 0.6) is 5.75 Å². The van der Waals surface area contributed by atoms with Crippen LogP contribution in [0.3, 0.4) is 0 Å². The number of methoxy groups -OCH3 is 1. The Morgan fingerprint density at radius 2 is 1.93 bits per heavy atom. The summed E-state index contributed by atoms with van der Waals surface area (Å²) >= 11 is 0. The minimum absolute atomic E-state index is 0.0301. The highest BCUT2D eigenvalue weighted by molar-refractivity contribution is 5.77. The van der Waals surface area contributed by atoms with Gasteiger partial charge in [-0.25, -0.2) is 0 Å². The molecule has 2 amide bonds. The van der Waals surface area contributed by atoms with Gasteiger partial charge in [0.2, 0.25) is 11.8 Å². The van der Waals surface area contributed by atoms with Crippen LogP contribution in [0.25, 0.3) is 0 Å². The summed E-state index contributed by atoms with van der Waals surface area (Å²) in [5, 5.41) is 15.5. The fourth-order valence-corrected chi connectivity index (χ4v) is 3.62. The molecule has 7 heteroatoms. The van der Waals surface area contributed by atoms with Crippen molar-refractivity contribution in [2.75, 3.05) is 13.7 Å². The van der Waals surface area contributed by atoms with Gasteiger partial charge in [0.25, 0.3) is 0 Å². The first kappa shape index (κ1) is 20.6. The van der Waals surface area contributed by atoms with Crippen molar-refractivity contribution in [3.05, 3.63) is 29.8 Å². The zero-order valence-electron chi connectivity index (χ0n) is 16.4. The third kappa shape index (κ3) is 5.94. The van der Waals surface area contributed by atoms with Gasteiger partial charge < -0.3 is 25.2 Å². The zero-order valence-corrected chi connectivity index (χ0v) is 16.4.